The second-order valence-corrected chi connectivity index (χ2v) is 7.30. The zero-order valence-electron chi connectivity index (χ0n) is 12.7. The summed E-state index contributed by atoms with van der Waals surface area (Å²) in [6.07, 6.45) is 2.95. The van der Waals surface area contributed by atoms with Crippen LogP contribution in [-0.4, -0.2) is 36.8 Å². The summed E-state index contributed by atoms with van der Waals surface area (Å²) in [4.78, 5) is 8.79. The molecule has 0 spiro atoms. The minimum Gasteiger partial charge on any atom is -0.375 e. The first-order valence-corrected chi connectivity index (χ1v) is 8.54. The quantitative estimate of drug-likeness (QED) is 0.906. The van der Waals surface area contributed by atoms with Crippen molar-refractivity contribution in [1.82, 2.24) is 10.3 Å². The molecule has 2 aliphatic rings. The molecule has 112 valence electrons. The van der Waals surface area contributed by atoms with Gasteiger partial charge in [0, 0.05) is 36.5 Å². The summed E-state index contributed by atoms with van der Waals surface area (Å²) in [6, 6.07) is 0.524. The molecule has 5 heteroatoms. The van der Waals surface area contributed by atoms with E-state index in [9.17, 15) is 0 Å². The van der Waals surface area contributed by atoms with E-state index in [2.05, 4.69) is 31.0 Å². The fourth-order valence-corrected chi connectivity index (χ4v) is 3.71. The molecule has 1 unspecified atom stereocenters. The van der Waals surface area contributed by atoms with Crippen LogP contribution in [0.5, 0.6) is 0 Å². The van der Waals surface area contributed by atoms with Crippen molar-refractivity contribution in [2.24, 2.45) is 0 Å². The van der Waals surface area contributed by atoms with Crippen LogP contribution in [0.4, 0.5) is 5.13 Å². The van der Waals surface area contributed by atoms with Crippen molar-refractivity contribution in [2.75, 3.05) is 24.6 Å². The molecule has 2 fully saturated rings. The molecule has 1 aliphatic heterocycles. The number of thiazole rings is 1. The van der Waals surface area contributed by atoms with Crippen molar-refractivity contribution >= 4 is 16.5 Å². The molecule has 1 aliphatic carbocycles. The van der Waals surface area contributed by atoms with E-state index in [0.29, 0.717) is 12.1 Å². The van der Waals surface area contributed by atoms with Crippen molar-refractivity contribution in [2.45, 2.75) is 58.2 Å². The summed E-state index contributed by atoms with van der Waals surface area (Å²) in [6.45, 7) is 10.3. The van der Waals surface area contributed by atoms with E-state index in [1.807, 2.05) is 11.3 Å². The van der Waals surface area contributed by atoms with Crippen LogP contribution in [0.15, 0.2) is 0 Å². The fraction of sp³-hybridized carbons (Fsp3) is 0.800. The van der Waals surface area contributed by atoms with E-state index >= 15 is 0 Å². The number of nitrogens with zero attached hydrogens (tertiary/aromatic N) is 2. The van der Waals surface area contributed by atoms with Gasteiger partial charge in [-0.15, -0.1) is 11.3 Å². The Morgan fingerprint density at radius 1 is 1.45 bits per heavy atom. The van der Waals surface area contributed by atoms with E-state index in [1.54, 1.807) is 0 Å². The maximum absolute atomic E-state index is 5.63. The Balaban J connectivity index is 1.75. The molecule has 1 saturated carbocycles. The summed E-state index contributed by atoms with van der Waals surface area (Å²) >= 11 is 1.88. The van der Waals surface area contributed by atoms with Crippen molar-refractivity contribution in [3.05, 3.63) is 10.6 Å². The SMILES string of the molecule is CC(C)NCc1sc(N2CCOC(C)C2)nc1C1CC1. The summed E-state index contributed by atoms with van der Waals surface area (Å²) in [5.41, 5.74) is 1.36. The molecule has 0 bridgehead atoms. The molecule has 1 atom stereocenters. The molecule has 4 nitrogen and oxygen atoms in total. The molecule has 2 heterocycles. The van der Waals surface area contributed by atoms with Crippen molar-refractivity contribution in [3.63, 3.8) is 0 Å². The maximum atomic E-state index is 5.63. The molecular formula is C15H25N3OS. The van der Waals surface area contributed by atoms with Crippen LogP contribution in [-0.2, 0) is 11.3 Å². The average molecular weight is 295 g/mol. The number of aromatic nitrogens is 1. The van der Waals surface area contributed by atoms with Crippen molar-refractivity contribution in [1.29, 1.82) is 0 Å². The van der Waals surface area contributed by atoms with Gasteiger partial charge in [-0.3, -0.25) is 0 Å². The summed E-state index contributed by atoms with van der Waals surface area (Å²) in [5, 5.41) is 4.73. The van der Waals surface area contributed by atoms with Crippen molar-refractivity contribution in [3.8, 4) is 0 Å². The normalized spacial score (nSPS) is 23.6. The van der Waals surface area contributed by atoms with Gasteiger partial charge in [-0.2, -0.15) is 0 Å². The van der Waals surface area contributed by atoms with E-state index in [4.69, 9.17) is 9.72 Å². The van der Waals surface area contributed by atoms with Gasteiger partial charge >= 0.3 is 0 Å². The Bertz CT molecular complexity index is 456. The van der Waals surface area contributed by atoms with Crippen LogP contribution in [0.2, 0.25) is 0 Å². The second kappa shape index (κ2) is 6.00. The Labute approximate surface area is 125 Å². The van der Waals surface area contributed by atoms with Gasteiger partial charge in [0.15, 0.2) is 5.13 Å². The Hall–Kier alpha value is -0.650. The van der Waals surface area contributed by atoms with E-state index in [1.165, 1.54) is 28.5 Å². The van der Waals surface area contributed by atoms with Gasteiger partial charge in [0.25, 0.3) is 0 Å². The minimum absolute atomic E-state index is 0.314. The number of anilines is 1. The lowest BCUT2D eigenvalue weighted by Crippen LogP contribution is -2.41. The molecule has 0 aromatic carbocycles. The minimum atomic E-state index is 0.314. The second-order valence-electron chi connectivity index (χ2n) is 6.24. The van der Waals surface area contributed by atoms with Crippen LogP contribution < -0.4 is 10.2 Å². The van der Waals surface area contributed by atoms with Crippen molar-refractivity contribution < 1.29 is 4.74 Å². The van der Waals surface area contributed by atoms with E-state index in [-0.39, 0.29) is 0 Å². The third kappa shape index (κ3) is 3.32. The molecule has 1 N–H and O–H groups in total. The van der Waals surface area contributed by atoms with Crippen LogP contribution in [0.3, 0.4) is 0 Å². The summed E-state index contributed by atoms with van der Waals surface area (Å²) < 4.78 is 5.63. The molecule has 1 aromatic heterocycles. The van der Waals surface area contributed by atoms with Gasteiger partial charge in [-0.05, 0) is 19.8 Å². The fourth-order valence-electron chi connectivity index (χ4n) is 2.58. The molecule has 20 heavy (non-hydrogen) atoms. The molecule has 1 aromatic rings. The monoisotopic (exact) mass is 295 g/mol. The van der Waals surface area contributed by atoms with Crippen LogP contribution in [0.25, 0.3) is 0 Å². The highest BCUT2D eigenvalue weighted by Gasteiger charge is 2.31. The molecule has 0 amide bonds. The number of ether oxygens (including phenoxy) is 1. The van der Waals surface area contributed by atoms with Crippen LogP contribution in [0, 0.1) is 0 Å². The van der Waals surface area contributed by atoms with Crippen LogP contribution >= 0.6 is 11.3 Å². The Morgan fingerprint density at radius 3 is 2.90 bits per heavy atom. The summed E-state index contributed by atoms with van der Waals surface area (Å²) in [7, 11) is 0. The predicted molar refractivity (Wildman–Crippen MR) is 83.7 cm³/mol. The number of morpholine rings is 1. The highest BCUT2D eigenvalue weighted by molar-refractivity contribution is 7.15. The molecular weight excluding hydrogens is 270 g/mol. The van der Waals surface area contributed by atoms with Gasteiger partial charge in [0.1, 0.15) is 0 Å². The number of rotatable bonds is 5. The van der Waals surface area contributed by atoms with Crippen LogP contribution in [0.1, 0.15) is 50.1 Å². The van der Waals surface area contributed by atoms with Gasteiger partial charge in [-0.1, -0.05) is 13.8 Å². The first kappa shape index (κ1) is 14.3. The van der Waals surface area contributed by atoms with Gasteiger partial charge in [-0.25, -0.2) is 4.98 Å². The Morgan fingerprint density at radius 2 is 2.25 bits per heavy atom. The van der Waals surface area contributed by atoms with Gasteiger partial charge in [0.05, 0.1) is 18.4 Å². The zero-order valence-corrected chi connectivity index (χ0v) is 13.5. The number of hydrogen-bond donors (Lipinski definition) is 1. The lowest BCUT2D eigenvalue weighted by molar-refractivity contribution is 0.0532. The Kier molecular flexibility index (Phi) is 4.29. The third-order valence-corrected chi connectivity index (χ3v) is 4.99. The lowest BCUT2D eigenvalue weighted by Gasteiger charge is -2.30. The topological polar surface area (TPSA) is 37.4 Å². The first-order valence-electron chi connectivity index (χ1n) is 7.73. The largest absolute Gasteiger partial charge is 0.375 e. The highest BCUT2D eigenvalue weighted by atomic mass is 32.1. The molecule has 0 radical (unpaired) electrons. The molecule has 3 rings (SSSR count). The standard InChI is InChI=1S/C15H25N3OS/c1-10(2)16-8-13-14(12-4-5-12)17-15(20-13)18-6-7-19-11(3)9-18/h10-12,16H,4-9H2,1-3H3. The lowest BCUT2D eigenvalue weighted by atomic mass is 10.2. The third-order valence-electron chi connectivity index (χ3n) is 3.86. The average Bonchev–Trinajstić information content (AvgIpc) is 3.16. The maximum Gasteiger partial charge on any atom is 0.186 e. The molecule has 1 saturated heterocycles. The van der Waals surface area contributed by atoms with E-state index < -0.39 is 0 Å². The smallest absolute Gasteiger partial charge is 0.186 e. The number of hydrogen-bond acceptors (Lipinski definition) is 5. The van der Waals surface area contributed by atoms with Gasteiger partial charge in [0.2, 0.25) is 0 Å². The first-order chi connectivity index (χ1) is 9.63. The van der Waals surface area contributed by atoms with E-state index in [0.717, 1.165) is 32.2 Å². The highest BCUT2D eigenvalue weighted by Crippen LogP contribution is 2.44. The summed E-state index contributed by atoms with van der Waals surface area (Å²) in [5.74, 6) is 0.724. The van der Waals surface area contributed by atoms with Gasteiger partial charge < -0.3 is 15.0 Å². The predicted octanol–water partition coefficient (Wildman–Crippen LogP) is 2.74. The number of nitrogens with one attached hydrogen (secondary N) is 1. The zero-order chi connectivity index (χ0) is 14.1.